The second-order valence-electron chi connectivity index (χ2n) is 3.49. The first-order valence-corrected chi connectivity index (χ1v) is 6.12. The van der Waals surface area contributed by atoms with Gasteiger partial charge in [-0.25, -0.2) is 0 Å². The summed E-state index contributed by atoms with van der Waals surface area (Å²) in [5.74, 6) is 0. The molecule has 1 aromatic rings. The SMILES string of the molecule is CCN(C)C(CN)c1cc(Cl)ccc1Br. The molecule has 0 aromatic heterocycles. The molecule has 15 heavy (non-hydrogen) atoms. The summed E-state index contributed by atoms with van der Waals surface area (Å²) < 4.78 is 1.06. The van der Waals surface area contributed by atoms with Crippen LogP contribution in [0.4, 0.5) is 0 Å². The van der Waals surface area contributed by atoms with E-state index in [1.54, 1.807) is 0 Å². The fourth-order valence-electron chi connectivity index (χ4n) is 1.53. The normalized spacial score (nSPS) is 13.2. The Morgan fingerprint density at radius 2 is 2.20 bits per heavy atom. The van der Waals surface area contributed by atoms with Crippen LogP contribution in [-0.2, 0) is 0 Å². The van der Waals surface area contributed by atoms with E-state index in [0.29, 0.717) is 6.54 Å². The van der Waals surface area contributed by atoms with E-state index in [4.69, 9.17) is 17.3 Å². The fraction of sp³-hybridized carbons (Fsp3) is 0.455. The zero-order valence-corrected chi connectivity index (χ0v) is 11.3. The van der Waals surface area contributed by atoms with Crippen LogP contribution < -0.4 is 5.73 Å². The Balaban J connectivity index is 3.05. The molecule has 1 rings (SSSR count). The molecule has 1 aromatic carbocycles. The molecular formula is C11H16BrClN2. The summed E-state index contributed by atoms with van der Waals surface area (Å²) >= 11 is 9.51. The number of hydrogen-bond acceptors (Lipinski definition) is 2. The molecule has 0 aliphatic heterocycles. The number of rotatable bonds is 4. The molecule has 2 N–H and O–H groups in total. The average molecular weight is 292 g/mol. The Labute approximate surface area is 105 Å². The molecule has 0 saturated heterocycles. The highest BCUT2D eigenvalue weighted by atomic mass is 79.9. The topological polar surface area (TPSA) is 29.3 Å². The average Bonchev–Trinajstić information content (AvgIpc) is 2.23. The van der Waals surface area contributed by atoms with E-state index in [1.807, 2.05) is 18.2 Å². The maximum atomic E-state index is 5.99. The highest BCUT2D eigenvalue weighted by Gasteiger charge is 2.16. The van der Waals surface area contributed by atoms with E-state index in [1.165, 1.54) is 0 Å². The highest BCUT2D eigenvalue weighted by molar-refractivity contribution is 9.10. The summed E-state index contributed by atoms with van der Waals surface area (Å²) in [5, 5.41) is 0.746. The second-order valence-corrected chi connectivity index (χ2v) is 4.78. The van der Waals surface area contributed by atoms with Crippen LogP contribution in [0.15, 0.2) is 22.7 Å². The molecule has 1 atom stereocenters. The van der Waals surface area contributed by atoms with Crippen LogP contribution in [0.3, 0.4) is 0 Å². The van der Waals surface area contributed by atoms with Gasteiger partial charge in [0.2, 0.25) is 0 Å². The van der Waals surface area contributed by atoms with E-state index in [-0.39, 0.29) is 6.04 Å². The molecule has 1 unspecified atom stereocenters. The first kappa shape index (κ1) is 13.0. The summed E-state index contributed by atoms with van der Waals surface area (Å²) in [6.07, 6.45) is 0. The van der Waals surface area contributed by atoms with Crippen LogP contribution in [0.2, 0.25) is 5.02 Å². The van der Waals surface area contributed by atoms with Gasteiger partial charge in [0.15, 0.2) is 0 Å². The van der Waals surface area contributed by atoms with Gasteiger partial charge in [0.1, 0.15) is 0 Å². The fourth-order valence-corrected chi connectivity index (χ4v) is 2.23. The standard InChI is InChI=1S/C11H16BrClN2/c1-3-15(2)11(7-14)9-6-8(13)4-5-10(9)12/h4-6,11H,3,7,14H2,1-2H3. The third-order valence-corrected chi connectivity index (χ3v) is 3.53. The van der Waals surface area contributed by atoms with Crippen molar-refractivity contribution < 1.29 is 0 Å². The van der Waals surface area contributed by atoms with Crippen molar-refractivity contribution in [1.82, 2.24) is 4.90 Å². The Morgan fingerprint density at radius 1 is 1.53 bits per heavy atom. The smallest absolute Gasteiger partial charge is 0.0479 e. The lowest BCUT2D eigenvalue weighted by Gasteiger charge is -2.27. The summed E-state index contributed by atoms with van der Waals surface area (Å²) in [7, 11) is 2.06. The number of nitrogens with zero attached hydrogens (tertiary/aromatic N) is 1. The van der Waals surface area contributed by atoms with E-state index >= 15 is 0 Å². The molecule has 2 nitrogen and oxygen atoms in total. The first-order chi connectivity index (χ1) is 7.10. The maximum Gasteiger partial charge on any atom is 0.0479 e. The molecule has 0 heterocycles. The molecule has 4 heteroatoms. The van der Waals surface area contributed by atoms with Gasteiger partial charge in [-0.3, -0.25) is 4.90 Å². The van der Waals surface area contributed by atoms with Crippen molar-refractivity contribution >= 4 is 27.5 Å². The monoisotopic (exact) mass is 290 g/mol. The van der Waals surface area contributed by atoms with Gasteiger partial charge in [0.05, 0.1) is 0 Å². The summed E-state index contributed by atoms with van der Waals surface area (Å²) in [4.78, 5) is 2.20. The number of hydrogen-bond donors (Lipinski definition) is 1. The number of likely N-dealkylation sites (N-methyl/N-ethyl adjacent to an activating group) is 1. The van der Waals surface area contributed by atoms with Gasteiger partial charge >= 0.3 is 0 Å². The van der Waals surface area contributed by atoms with Crippen LogP contribution in [-0.4, -0.2) is 25.0 Å². The molecule has 0 spiro atoms. The molecule has 0 fully saturated rings. The quantitative estimate of drug-likeness (QED) is 0.924. The summed E-state index contributed by atoms with van der Waals surface area (Å²) in [5.41, 5.74) is 6.94. The van der Waals surface area contributed by atoms with E-state index in [9.17, 15) is 0 Å². The zero-order valence-electron chi connectivity index (χ0n) is 9.00. The van der Waals surface area contributed by atoms with Gasteiger partial charge in [-0.15, -0.1) is 0 Å². The van der Waals surface area contributed by atoms with Crippen molar-refractivity contribution in [3.8, 4) is 0 Å². The van der Waals surface area contributed by atoms with Crippen molar-refractivity contribution in [2.24, 2.45) is 5.73 Å². The van der Waals surface area contributed by atoms with Crippen LogP contribution in [0.1, 0.15) is 18.5 Å². The minimum Gasteiger partial charge on any atom is -0.329 e. The molecule has 0 amide bonds. The first-order valence-electron chi connectivity index (χ1n) is 4.95. The summed E-state index contributed by atoms with van der Waals surface area (Å²) in [6.45, 7) is 3.66. The van der Waals surface area contributed by atoms with Crippen LogP contribution in [0.5, 0.6) is 0 Å². The summed E-state index contributed by atoms with van der Waals surface area (Å²) in [6, 6.07) is 6.01. The minimum atomic E-state index is 0.211. The van der Waals surface area contributed by atoms with Crippen molar-refractivity contribution in [1.29, 1.82) is 0 Å². The van der Waals surface area contributed by atoms with Gasteiger partial charge in [-0.05, 0) is 37.4 Å². The Bertz CT molecular complexity index is 330. The second kappa shape index (κ2) is 5.85. The van der Waals surface area contributed by atoms with Gasteiger partial charge in [0, 0.05) is 22.1 Å². The number of nitrogens with two attached hydrogens (primary N) is 1. The number of benzene rings is 1. The number of halogens is 2. The molecule has 0 aliphatic carbocycles. The molecular weight excluding hydrogens is 275 g/mol. The molecule has 0 bridgehead atoms. The van der Waals surface area contributed by atoms with Crippen LogP contribution in [0, 0.1) is 0 Å². The van der Waals surface area contributed by atoms with Gasteiger partial charge in [-0.1, -0.05) is 34.5 Å². The molecule has 84 valence electrons. The van der Waals surface area contributed by atoms with Crippen molar-refractivity contribution in [3.63, 3.8) is 0 Å². The molecule has 0 radical (unpaired) electrons. The minimum absolute atomic E-state index is 0.211. The predicted molar refractivity (Wildman–Crippen MR) is 69.3 cm³/mol. The lowest BCUT2D eigenvalue weighted by Crippen LogP contribution is -2.30. The largest absolute Gasteiger partial charge is 0.329 e. The van der Waals surface area contributed by atoms with Crippen LogP contribution >= 0.6 is 27.5 Å². The lowest BCUT2D eigenvalue weighted by molar-refractivity contribution is 0.263. The van der Waals surface area contributed by atoms with Gasteiger partial charge in [-0.2, -0.15) is 0 Å². The Kier molecular flexibility index (Phi) is 5.06. The third-order valence-electron chi connectivity index (χ3n) is 2.57. The van der Waals surface area contributed by atoms with Crippen molar-refractivity contribution in [2.45, 2.75) is 13.0 Å². The Hall–Kier alpha value is -0.0900. The zero-order chi connectivity index (χ0) is 11.4. The molecule has 0 saturated carbocycles. The Morgan fingerprint density at radius 3 is 2.73 bits per heavy atom. The van der Waals surface area contributed by atoms with Gasteiger partial charge in [0.25, 0.3) is 0 Å². The third kappa shape index (κ3) is 3.18. The maximum absolute atomic E-state index is 5.99. The van der Waals surface area contributed by atoms with Gasteiger partial charge < -0.3 is 5.73 Å². The predicted octanol–water partition coefficient (Wildman–Crippen LogP) is 3.05. The van der Waals surface area contributed by atoms with E-state index < -0.39 is 0 Å². The molecule has 0 aliphatic rings. The van der Waals surface area contributed by atoms with Crippen molar-refractivity contribution in [2.75, 3.05) is 20.1 Å². The van der Waals surface area contributed by atoms with Crippen LogP contribution in [0.25, 0.3) is 0 Å². The van der Waals surface area contributed by atoms with Crippen molar-refractivity contribution in [3.05, 3.63) is 33.3 Å². The highest BCUT2D eigenvalue weighted by Crippen LogP contribution is 2.29. The van der Waals surface area contributed by atoms with E-state index in [0.717, 1.165) is 21.6 Å². The van der Waals surface area contributed by atoms with E-state index in [2.05, 4.69) is 34.8 Å². The lowest BCUT2D eigenvalue weighted by atomic mass is 10.1.